The smallest absolute Gasteiger partial charge is 0.00366 e. The van der Waals surface area contributed by atoms with Gasteiger partial charge in [-0.25, -0.2) is 0 Å². The third-order valence-corrected chi connectivity index (χ3v) is 5.92. The van der Waals surface area contributed by atoms with E-state index in [0.29, 0.717) is 10.8 Å². The molecule has 0 amide bonds. The second-order valence-electron chi connectivity index (χ2n) is 7.86. The first-order chi connectivity index (χ1) is 12.3. The molecule has 0 saturated heterocycles. The fourth-order valence-electron chi connectivity index (χ4n) is 4.11. The van der Waals surface area contributed by atoms with Crippen molar-refractivity contribution in [3.05, 3.63) is 24.3 Å². The van der Waals surface area contributed by atoms with Crippen molar-refractivity contribution in [1.29, 1.82) is 0 Å². The molecule has 1 atom stereocenters. The predicted molar refractivity (Wildman–Crippen MR) is 126 cm³/mol. The summed E-state index contributed by atoms with van der Waals surface area (Å²) in [6, 6.07) is 0. The van der Waals surface area contributed by atoms with Crippen LogP contribution in [0.3, 0.4) is 0 Å². The van der Waals surface area contributed by atoms with Gasteiger partial charge in [0.25, 0.3) is 0 Å². The van der Waals surface area contributed by atoms with Gasteiger partial charge in [-0.1, -0.05) is 113 Å². The molecule has 0 bridgehead atoms. The summed E-state index contributed by atoms with van der Waals surface area (Å²) in [6.45, 7) is 31.8. The molecular weight excluding hydrogens is 312 g/mol. The standard InChI is InChI=1S/C15H24.C5H12.3C2H6/c1-12(2)15(8-5-6-9-15)14(4)10-7-13(3)11-14;1-4-5(2)3;3*1-2/h1,3,5-11H2,2,4H3;5H,4H2,1-3H3;3*1-2H3. The third kappa shape index (κ3) is 8.92. The van der Waals surface area contributed by atoms with E-state index in [0.717, 1.165) is 5.92 Å². The van der Waals surface area contributed by atoms with E-state index in [9.17, 15) is 0 Å². The summed E-state index contributed by atoms with van der Waals surface area (Å²) in [7, 11) is 0. The average molecular weight is 367 g/mol. The molecule has 2 aliphatic carbocycles. The molecule has 1 unspecified atom stereocenters. The Morgan fingerprint density at radius 2 is 1.35 bits per heavy atom. The Morgan fingerprint density at radius 3 is 1.58 bits per heavy atom. The Balaban J connectivity index is -0.000000407. The molecule has 0 nitrogen and oxygen atoms in total. The molecule has 0 aliphatic heterocycles. The van der Waals surface area contributed by atoms with Crippen molar-refractivity contribution < 1.29 is 0 Å². The van der Waals surface area contributed by atoms with Crippen LogP contribution in [0.1, 0.15) is 128 Å². The molecule has 2 aliphatic rings. The summed E-state index contributed by atoms with van der Waals surface area (Å²) >= 11 is 0. The van der Waals surface area contributed by atoms with Gasteiger partial charge in [0.15, 0.2) is 0 Å². The Hall–Kier alpha value is -0.520. The highest BCUT2D eigenvalue weighted by Crippen LogP contribution is 2.62. The molecule has 0 aromatic carbocycles. The molecule has 0 spiro atoms. The molecule has 0 heteroatoms. The van der Waals surface area contributed by atoms with Crippen LogP contribution in [0.2, 0.25) is 0 Å². The molecule has 2 rings (SSSR count). The Bertz CT molecular complexity index is 341. The zero-order chi connectivity index (χ0) is 21.4. The van der Waals surface area contributed by atoms with Gasteiger partial charge in [-0.15, -0.1) is 0 Å². The van der Waals surface area contributed by atoms with Gasteiger partial charge < -0.3 is 0 Å². The van der Waals surface area contributed by atoms with Gasteiger partial charge in [0.1, 0.15) is 0 Å². The minimum absolute atomic E-state index is 0.437. The summed E-state index contributed by atoms with van der Waals surface area (Å²) in [4.78, 5) is 0. The van der Waals surface area contributed by atoms with Crippen molar-refractivity contribution in [2.75, 3.05) is 0 Å². The van der Waals surface area contributed by atoms with Crippen LogP contribution in [0.4, 0.5) is 0 Å². The fourth-order valence-corrected chi connectivity index (χ4v) is 4.11. The molecule has 0 heterocycles. The minimum atomic E-state index is 0.437. The van der Waals surface area contributed by atoms with Crippen LogP contribution in [0, 0.1) is 16.7 Å². The molecule has 0 N–H and O–H groups in total. The lowest BCUT2D eigenvalue weighted by atomic mass is 9.59. The molecule has 26 heavy (non-hydrogen) atoms. The third-order valence-electron chi connectivity index (χ3n) is 5.92. The van der Waals surface area contributed by atoms with Crippen LogP contribution in [0.5, 0.6) is 0 Å². The van der Waals surface area contributed by atoms with Gasteiger partial charge in [0.05, 0.1) is 0 Å². The lowest BCUT2D eigenvalue weighted by molar-refractivity contribution is 0.105. The Kier molecular flexibility index (Phi) is 19.3. The Labute approximate surface area is 168 Å². The van der Waals surface area contributed by atoms with Gasteiger partial charge in [0, 0.05) is 0 Å². The predicted octanol–water partition coefficient (Wildman–Crippen LogP) is 10.0. The number of hydrogen-bond donors (Lipinski definition) is 0. The van der Waals surface area contributed by atoms with Crippen LogP contribution >= 0.6 is 0 Å². The van der Waals surface area contributed by atoms with Gasteiger partial charge in [0.2, 0.25) is 0 Å². The lowest BCUT2D eigenvalue weighted by Gasteiger charge is -2.45. The lowest BCUT2D eigenvalue weighted by Crippen LogP contribution is -2.36. The molecule has 2 fully saturated rings. The van der Waals surface area contributed by atoms with Crippen molar-refractivity contribution in [2.24, 2.45) is 16.7 Å². The summed E-state index contributed by atoms with van der Waals surface area (Å²) in [6.07, 6.45) is 10.6. The van der Waals surface area contributed by atoms with E-state index in [1.165, 1.54) is 62.5 Å². The van der Waals surface area contributed by atoms with E-state index >= 15 is 0 Å². The van der Waals surface area contributed by atoms with Crippen LogP contribution in [0.25, 0.3) is 0 Å². The van der Waals surface area contributed by atoms with Gasteiger partial charge in [-0.05, 0) is 55.8 Å². The van der Waals surface area contributed by atoms with E-state index in [2.05, 4.69) is 47.8 Å². The first-order valence-electron chi connectivity index (χ1n) is 11.6. The molecule has 2 saturated carbocycles. The highest BCUT2D eigenvalue weighted by atomic mass is 14.6. The van der Waals surface area contributed by atoms with Crippen LogP contribution in [-0.4, -0.2) is 0 Å². The van der Waals surface area contributed by atoms with Gasteiger partial charge in [-0.3, -0.25) is 0 Å². The van der Waals surface area contributed by atoms with Crippen molar-refractivity contribution in [3.8, 4) is 0 Å². The fraction of sp³-hybridized carbons (Fsp3) is 0.846. The van der Waals surface area contributed by atoms with Gasteiger partial charge >= 0.3 is 0 Å². The first-order valence-corrected chi connectivity index (χ1v) is 11.6. The van der Waals surface area contributed by atoms with Gasteiger partial charge in [-0.2, -0.15) is 0 Å². The van der Waals surface area contributed by atoms with Crippen LogP contribution in [0.15, 0.2) is 24.3 Å². The molecule has 0 aromatic rings. The molecule has 0 aromatic heterocycles. The average Bonchev–Trinajstić information content (AvgIpc) is 3.29. The normalized spacial score (nSPS) is 22.5. The van der Waals surface area contributed by atoms with E-state index < -0.39 is 0 Å². The largest absolute Gasteiger partial charge is 0.0998 e. The zero-order valence-electron chi connectivity index (χ0n) is 20.6. The highest BCUT2D eigenvalue weighted by Gasteiger charge is 2.51. The number of allylic oxidation sites excluding steroid dienone is 2. The second-order valence-corrected chi connectivity index (χ2v) is 7.86. The molecule has 158 valence electrons. The summed E-state index contributed by atoms with van der Waals surface area (Å²) < 4.78 is 0. The second kappa shape index (κ2) is 16.6. The van der Waals surface area contributed by atoms with Crippen LogP contribution < -0.4 is 0 Å². The monoisotopic (exact) mass is 366 g/mol. The Morgan fingerprint density at radius 1 is 0.962 bits per heavy atom. The minimum Gasteiger partial charge on any atom is -0.0998 e. The van der Waals surface area contributed by atoms with Crippen LogP contribution in [-0.2, 0) is 0 Å². The molecular formula is C26H54. The maximum Gasteiger partial charge on any atom is -0.00366 e. The maximum atomic E-state index is 4.29. The van der Waals surface area contributed by atoms with Crippen molar-refractivity contribution in [3.63, 3.8) is 0 Å². The van der Waals surface area contributed by atoms with E-state index in [1.807, 2.05) is 41.5 Å². The quantitative estimate of drug-likeness (QED) is 0.436. The SMILES string of the molecule is C=C1CCC(C)(C2(C(=C)C)CCCC2)C1.CC.CC.CC.CCC(C)C. The van der Waals surface area contributed by atoms with E-state index in [-0.39, 0.29) is 0 Å². The van der Waals surface area contributed by atoms with E-state index in [4.69, 9.17) is 0 Å². The van der Waals surface area contributed by atoms with Crippen molar-refractivity contribution in [2.45, 2.75) is 128 Å². The van der Waals surface area contributed by atoms with Crippen molar-refractivity contribution in [1.82, 2.24) is 0 Å². The summed E-state index contributed by atoms with van der Waals surface area (Å²) in [5.74, 6) is 0.884. The summed E-state index contributed by atoms with van der Waals surface area (Å²) in [5.41, 5.74) is 3.79. The number of hydrogen-bond acceptors (Lipinski definition) is 0. The van der Waals surface area contributed by atoms with E-state index in [1.54, 1.807) is 0 Å². The van der Waals surface area contributed by atoms with Crippen molar-refractivity contribution >= 4 is 0 Å². The number of rotatable bonds is 3. The molecule has 0 radical (unpaired) electrons. The summed E-state index contributed by atoms with van der Waals surface area (Å²) in [5, 5.41) is 0. The first kappa shape index (κ1) is 30.2. The maximum absolute atomic E-state index is 4.29. The highest BCUT2D eigenvalue weighted by molar-refractivity contribution is 5.22. The topological polar surface area (TPSA) is 0 Å². The zero-order valence-corrected chi connectivity index (χ0v) is 20.6.